The summed E-state index contributed by atoms with van der Waals surface area (Å²) in [7, 11) is 0. The van der Waals surface area contributed by atoms with E-state index in [9.17, 15) is 9.59 Å². The summed E-state index contributed by atoms with van der Waals surface area (Å²) in [6.45, 7) is 5.18. The number of rotatable bonds is 5. The first-order valence-electron chi connectivity index (χ1n) is 13.7. The van der Waals surface area contributed by atoms with Gasteiger partial charge in [0.1, 0.15) is 0 Å². The van der Waals surface area contributed by atoms with Crippen LogP contribution in [0, 0.1) is 6.92 Å². The van der Waals surface area contributed by atoms with E-state index >= 15 is 0 Å². The van der Waals surface area contributed by atoms with Crippen molar-refractivity contribution in [3.63, 3.8) is 0 Å². The van der Waals surface area contributed by atoms with Crippen LogP contribution in [0.3, 0.4) is 0 Å². The molecule has 0 aromatic heterocycles. The van der Waals surface area contributed by atoms with E-state index in [0.29, 0.717) is 35.1 Å². The van der Waals surface area contributed by atoms with E-state index in [2.05, 4.69) is 24.0 Å². The fourth-order valence-electron chi connectivity index (χ4n) is 5.32. The van der Waals surface area contributed by atoms with Gasteiger partial charge in [-0.2, -0.15) is 0 Å². The number of aryl methyl sites for hydroxylation is 1. The third kappa shape index (κ3) is 6.04. The lowest BCUT2D eigenvalue weighted by molar-refractivity contribution is -0.114. The molecule has 0 unspecified atom stereocenters. The number of halogens is 1. The van der Waals surface area contributed by atoms with Crippen LogP contribution in [0.2, 0.25) is 5.02 Å². The summed E-state index contributed by atoms with van der Waals surface area (Å²) in [6.07, 6.45) is 1.94. The Hall–Kier alpha value is -4.00. The Morgan fingerprint density at radius 2 is 1.66 bits per heavy atom. The van der Waals surface area contributed by atoms with E-state index in [0.717, 1.165) is 46.1 Å². The lowest BCUT2D eigenvalue weighted by Crippen LogP contribution is -2.48. The highest BCUT2D eigenvalue weighted by Crippen LogP contribution is 2.43. The molecule has 0 aliphatic carbocycles. The molecule has 5 nitrogen and oxygen atoms in total. The van der Waals surface area contributed by atoms with Crippen LogP contribution >= 0.6 is 23.4 Å². The Balaban J connectivity index is 1.27. The number of hydrogen-bond donors (Lipinski definition) is 0. The van der Waals surface area contributed by atoms with Crippen molar-refractivity contribution in [2.24, 2.45) is 0 Å². The molecule has 1 fully saturated rings. The maximum atomic E-state index is 13.9. The predicted molar refractivity (Wildman–Crippen MR) is 169 cm³/mol. The molecule has 0 bridgehead atoms. The van der Waals surface area contributed by atoms with E-state index < -0.39 is 0 Å². The molecule has 2 aliphatic heterocycles. The zero-order valence-electron chi connectivity index (χ0n) is 22.8. The smallest absolute Gasteiger partial charge is 0.265 e. The van der Waals surface area contributed by atoms with Crippen molar-refractivity contribution in [1.82, 2.24) is 4.90 Å². The number of anilines is 2. The van der Waals surface area contributed by atoms with Gasteiger partial charge in [-0.05, 0) is 60.5 Å². The third-order valence-corrected chi connectivity index (χ3v) is 8.75. The largest absolute Gasteiger partial charge is 0.368 e. The fraction of sp³-hybridized carbons (Fsp3) is 0.176. The van der Waals surface area contributed by atoms with Gasteiger partial charge in [0.2, 0.25) is 0 Å². The number of benzene rings is 4. The second-order valence-electron chi connectivity index (χ2n) is 10.3. The Labute approximate surface area is 250 Å². The van der Waals surface area contributed by atoms with Crippen LogP contribution in [-0.4, -0.2) is 42.9 Å². The zero-order valence-corrected chi connectivity index (χ0v) is 24.4. The van der Waals surface area contributed by atoms with Crippen molar-refractivity contribution in [2.75, 3.05) is 36.0 Å². The summed E-state index contributed by atoms with van der Waals surface area (Å²) in [6, 6.07) is 31.7. The maximum absolute atomic E-state index is 13.9. The van der Waals surface area contributed by atoms with Crippen molar-refractivity contribution in [3.8, 4) is 0 Å². The Bertz CT molecular complexity index is 1630. The van der Waals surface area contributed by atoms with E-state index in [4.69, 9.17) is 11.6 Å². The van der Waals surface area contributed by atoms with Crippen LogP contribution in [0.4, 0.5) is 11.4 Å². The van der Waals surface area contributed by atoms with Crippen LogP contribution in [-0.2, 0) is 11.3 Å². The first-order valence-corrected chi connectivity index (χ1v) is 14.9. The fourth-order valence-corrected chi connectivity index (χ4v) is 6.54. The molecule has 2 aliphatic rings. The van der Waals surface area contributed by atoms with Crippen LogP contribution < -0.4 is 9.80 Å². The van der Waals surface area contributed by atoms with Crippen molar-refractivity contribution in [2.45, 2.75) is 18.4 Å². The number of piperazine rings is 1. The Morgan fingerprint density at radius 1 is 0.878 bits per heavy atom. The Morgan fingerprint density at radius 3 is 2.41 bits per heavy atom. The first-order chi connectivity index (χ1) is 19.9. The van der Waals surface area contributed by atoms with Crippen molar-refractivity contribution >= 4 is 52.6 Å². The molecular weight excluding hydrogens is 550 g/mol. The lowest BCUT2D eigenvalue weighted by atomic mass is 10.1. The Kier molecular flexibility index (Phi) is 7.86. The number of fused-ring (bicyclic) bond motifs is 1. The van der Waals surface area contributed by atoms with Gasteiger partial charge in [0.15, 0.2) is 0 Å². The molecular formula is C34H30ClN3O2S. The van der Waals surface area contributed by atoms with E-state index in [1.54, 1.807) is 0 Å². The normalized spacial score (nSPS) is 16.2. The van der Waals surface area contributed by atoms with Crippen LogP contribution in [0.5, 0.6) is 0 Å². The van der Waals surface area contributed by atoms with Gasteiger partial charge in [-0.3, -0.25) is 9.59 Å². The minimum atomic E-state index is -0.0624. The summed E-state index contributed by atoms with van der Waals surface area (Å²) in [5, 5.41) is 0.708. The van der Waals surface area contributed by atoms with E-state index in [1.807, 2.05) is 101 Å². The average molecular weight is 580 g/mol. The van der Waals surface area contributed by atoms with Crippen LogP contribution in [0.25, 0.3) is 6.08 Å². The molecule has 1 saturated heterocycles. The predicted octanol–water partition coefficient (Wildman–Crippen LogP) is 7.29. The number of carbonyl (C=O) groups is 2. The van der Waals surface area contributed by atoms with Gasteiger partial charge in [-0.25, -0.2) is 0 Å². The highest BCUT2D eigenvalue weighted by molar-refractivity contribution is 8.04. The number of carbonyl (C=O) groups excluding carboxylic acids is 2. The van der Waals surface area contributed by atoms with Gasteiger partial charge in [-0.15, -0.1) is 0 Å². The van der Waals surface area contributed by atoms with Gasteiger partial charge < -0.3 is 14.7 Å². The lowest BCUT2D eigenvalue weighted by Gasteiger charge is -2.36. The van der Waals surface area contributed by atoms with Crippen LogP contribution in [0.15, 0.2) is 107 Å². The van der Waals surface area contributed by atoms with E-state index in [-0.39, 0.29) is 11.8 Å². The first kappa shape index (κ1) is 27.2. The van der Waals surface area contributed by atoms with Crippen LogP contribution in [0.1, 0.15) is 27.0 Å². The van der Waals surface area contributed by atoms with Gasteiger partial charge in [-0.1, -0.05) is 89.6 Å². The standard InChI is InChI=1S/C34H30ClN3O2S/c1-24-7-5-10-26(19-24)23-38-30-21-27(13-14-31(30)41-32(34(38)40)20-25-8-3-2-4-9-25)33(39)37-17-15-36(16-18-37)29-12-6-11-28(35)22-29/h2-14,19-22H,15-18,23H2,1H3. The highest BCUT2D eigenvalue weighted by atomic mass is 35.5. The molecule has 0 saturated carbocycles. The molecule has 6 rings (SSSR count). The highest BCUT2D eigenvalue weighted by Gasteiger charge is 2.31. The minimum absolute atomic E-state index is 0.0166. The quantitative estimate of drug-likeness (QED) is 0.233. The molecule has 0 spiro atoms. The topological polar surface area (TPSA) is 43.9 Å². The van der Waals surface area contributed by atoms with Crippen molar-refractivity contribution in [3.05, 3.63) is 129 Å². The van der Waals surface area contributed by atoms with Gasteiger partial charge in [0.05, 0.1) is 17.1 Å². The SMILES string of the molecule is Cc1cccc(CN2C(=O)C(=Cc3ccccc3)Sc3ccc(C(=O)N4CCN(c5cccc(Cl)c5)CC4)cc32)c1. The zero-order chi connectivity index (χ0) is 28.3. The third-order valence-electron chi connectivity index (χ3n) is 7.43. The molecule has 2 heterocycles. The molecule has 4 aromatic rings. The van der Waals surface area contributed by atoms with Crippen molar-refractivity contribution < 1.29 is 9.59 Å². The summed E-state index contributed by atoms with van der Waals surface area (Å²) in [4.78, 5) is 35.1. The van der Waals surface area contributed by atoms with Gasteiger partial charge >= 0.3 is 0 Å². The molecule has 0 radical (unpaired) electrons. The number of hydrogen-bond acceptors (Lipinski definition) is 4. The van der Waals surface area contributed by atoms with Gasteiger partial charge in [0.25, 0.3) is 11.8 Å². The number of amides is 2. The minimum Gasteiger partial charge on any atom is -0.368 e. The average Bonchev–Trinajstić information content (AvgIpc) is 2.99. The molecule has 2 amide bonds. The summed E-state index contributed by atoms with van der Waals surface area (Å²) >= 11 is 7.65. The summed E-state index contributed by atoms with van der Waals surface area (Å²) < 4.78 is 0. The second kappa shape index (κ2) is 11.9. The number of nitrogens with zero attached hydrogens (tertiary/aromatic N) is 3. The van der Waals surface area contributed by atoms with E-state index in [1.165, 1.54) is 11.8 Å². The molecule has 0 atom stereocenters. The molecule has 41 heavy (non-hydrogen) atoms. The summed E-state index contributed by atoms with van der Waals surface area (Å²) in [5.74, 6) is -0.0790. The van der Waals surface area contributed by atoms with Gasteiger partial charge in [0, 0.05) is 47.3 Å². The molecule has 4 aromatic carbocycles. The summed E-state index contributed by atoms with van der Waals surface area (Å²) in [5.41, 5.74) is 5.60. The maximum Gasteiger partial charge on any atom is 0.265 e. The monoisotopic (exact) mass is 579 g/mol. The molecule has 0 N–H and O–H groups in total. The molecule has 7 heteroatoms. The number of thioether (sulfide) groups is 1. The molecule has 206 valence electrons. The second-order valence-corrected chi connectivity index (χ2v) is 11.9. The van der Waals surface area contributed by atoms with Crippen molar-refractivity contribution in [1.29, 1.82) is 0 Å².